The normalized spacial score (nSPS) is 16.7. The summed E-state index contributed by atoms with van der Waals surface area (Å²) in [5.41, 5.74) is 4.92. The third-order valence-electron chi connectivity index (χ3n) is 5.56. The first-order valence-electron chi connectivity index (χ1n) is 9.76. The van der Waals surface area contributed by atoms with Crippen molar-refractivity contribution in [1.29, 1.82) is 0 Å². The average Bonchev–Trinajstić information content (AvgIpc) is 3.28. The standard InChI is InChI=1S/C25H20N2O2/c28-23-16-22(25(29)27(23)17-18-9-3-1-4-10-18)24-21(19-11-5-2-6-12-19)15-20-13-7-8-14-26(20)24/h1-15,22H,16-17H2. The Kier molecular flexibility index (Phi) is 4.24. The molecule has 142 valence electrons. The lowest BCUT2D eigenvalue weighted by atomic mass is 9.96. The molecule has 0 radical (unpaired) electrons. The van der Waals surface area contributed by atoms with E-state index in [1.807, 2.05) is 89.5 Å². The minimum atomic E-state index is -0.480. The summed E-state index contributed by atoms with van der Waals surface area (Å²) in [5, 5.41) is 0. The molecule has 0 N–H and O–H groups in total. The number of hydrogen-bond acceptors (Lipinski definition) is 2. The molecule has 0 saturated carbocycles. The van der Waals surface area contributed by atoms with Crippen molar-refractivity contribution in [3.05, 3.63) is 102 Å². The second-order valence-corrected chi connectivity index (χ2v) is 7.37. The molecular weight excluding hydrogens is 360 g/mol. The summed E-state index contributed by atoms with van der Waals surface area (Å²) >= 11 is 0. The van der Waals surface area contributed by atoms with Gasteiger partial charge in [-0.25, -0.2) is 0 Å². The lowest BCUT2D eigenvalue weighted by molar-refractivity contribution is -0.139. The first-order chi connectivity index (χ1) is 14.2. The third kappa shape index (κ3) is 3.03. The monoisotopic (exact) mass is 380 g/mol. The summed E-state index contributed by atoms with van der Waals surface area (Å²) < 4.78 is 2.05. The molecule has 4 nitrogen and oxygen atoms in total. The van der Waals surface area contributed by atoms with E-state index < -0.39 is 5.92 Å². The van der Waals surface area contributed by atoms with Gasteiger partial charge in [-0.1, -0.05) is 66.7 Å². The van der Waals surface area contributed by atoms with Crippen molar-refractivity contribution in [2.24, 2.45) is 0 Å². The van der Waals surface area contributed by atoms with Gasteiger partial charge in [0.15, 0.2) is 0 Å². The number of carbonyl (C=O) groups is 2. The Hall–Kier alpha value is -3.66. The molecule has 29 heavy (non-hydrogen) atoms. The van der Waals surface area contributed by atoms with Gasteiger partial charge in [0.25, 0.3) is 0 Å². The van der Waals surface area contributed by atoms with E-state index >= 15 is 0 Å². The highest BCUT2D eigenvalue weighted by Gasteiger charge is 2.41. The fourth-order valence-electron chi connectivity index (χ4n) is 4.18. The van der Waals surface area contributed by atoms with Crippen LogP contribution in [0.15, 0.2) is 91.1 Å². The first-order valence-corrected chi connectivity index (χ1v) is 9.76. The number of carbonyl (C=O) groups excluding carboxylic acids is 2. The summed E-state index contributed by atoms with van der Waals surface area (Å²) in [6.07, 6.45) is 2.17. The Morgan fingerprint density at radius 3 is 2.28 bits per heavy atom. The maximum absolute atomic E-state index is 13.3. The van der Waals surface area contributed by atoms with Crippen LogP contribution in [0.3, 0.4) is 0 Å². The smallest absolute Gasteiger partial charge is 0.239 e. The van der Waals surface area contributed by atoms with Crippen LogP contribution in [0.2, 0.25) is 0 Å². The summed E-state index contributed by atoms with van der Waals surface area (Å²) in [6.45, 7) is 0.318. The van der Waals surface area contributed by atoms with Gasteiger partial charge in [-0.15, -0.1) is 0 Å². The number of pyridine rings is 1. The molecule has 5 rings (SSSR count). The number of nitrogens with zero attached hydrogens (tertiary/aromatic N) is 2. The van der Waals surface area contributed by atoms with E-state index in [0.29, 0.717) is 6.54 Å². The molecular formula is C25H20N2O2. The van der Waals surface area contributed by atoms with Crippen LogP contribution in [-0.2, 0) is 16.1 Å². The average molecular weight is 380 g/mol. The molecule has 0 spiro atoms. The van der Waals surface area contributed by atoms with Crippen LogP contribution < -0.4 is 0 Å². The van der Waals surface area contributed by atoms with Crippen molar-refractivity contribution in [3.63, 3.8) is 0 Å². The van der Waals surface area contributed by atoms with Gasteiger partial charge in [0.2, 0.25) is 11.8 Å². The second kappa shape index (κ2) is 7.06. The van der Waals surface area contributed by atoms with E-state index in [-0.39, 0.29) is 18.2 Å². The fraction of sp³-hybridized carbons (Fsp3) is 0.120. The van der Waals surface area contributed by atoms with Gasteiger partial charge in [-0.3, -0.25) is 14.5 Å². The topological polar surface area (TPSA) is 41.8 Å². The van der Waals surface area contributed by atoms with Gasteiger partial charge < -0.3 is 4.40 Å². The highest BCUT2D eigenvalue weighted by Crippen LogP contribution is 2.38. The molecule has 2 aromatic carbocycles. The highest BCUT2D eigenvalue weighted by atomic mass is 16.2. The summed E-state index contributed by atoms with van der Waals surface area (Å²) in [4.78, 5) is 27.5. The number of imide groups is 1. The van der Waals surface area contributed by atoms with Crippen molar-refractivity contribution in [1.82, 2.24) is 9.30 Å². The van der Waals surface area contributed by atoms with Crippen LogP contribution in [-0.4, -0.2) is 21.1 Å². The second-order valence-electron chi connectivity index (χ2n) is 7.37. The van der Waals surface area contributed by atoms with Crippen LogP contribution in [0.1, 0.15) is 23.6 Å². The molecule has 0 aliphatic carbocycles. The van der Waals surface area contributed by atoms with Crippen LogP contribution in [0.4, 0.5) is 0 Å². The Labute approximate surface area is 169 Å². The maximum Gasteiger partial charge on any atom is 0.239 e. The summed E-state index contributed by atoms with van der Waals surface area (Å²) in [6, 6.07) is 27.8. The molecule has 1 aliphatic rings. The number of benzene rings is 2. The molecule has 0 bridgehead atoms. The zero-order valence-corrected chi connectivity index (χ0v) is 15.9. The van der Waals surface area contributed by atoms with E-state index in [2.05, 4.69) is 6.07 Å². The molecule has 3 heterocycles. The largest absolute Gasteiger partial charge is 0.319 e. The van der Waals surface area contributed by atoms with E-state index in [1.165, 1.54) is 4.90 Å². The van der Waals surface area contributed by atoms with Gasteiger partial charge in [0, 0.05) is 29.4 Å². The van der Waals surface area contributed by atoms with E-state index in [0.717, 1.165) is 27.9 Å². The minimum Gasteiger partial charge on any atom is -0.319 e. The van der Waals surface area contributed by atoms with Crippen LogP contribution >= 0.6 is 0 Å². The van der Waals surface area contributed by atoms with Gasteiger partial charge in [0.05, 0.1) is 12.5 Å². The number of fused-ring (bicyclic) bond motifs is 1. The zero-order chi connectivity index (χ0) is 19.8. The van der Waals surface area contributed by atoms with Crippen molar-refractivity contribution < 1.29 is 9.59 Å². The van der Waals surface area contributed by atoms with Gasteiger partial charge in [-0.2, -0.15) is 0 Å². The summed E-state index contributed by atoms with van der Waals surface area (Å²) in [7, 11) is 0. The van der Waals surface area contributed by atoms with E-state index in [1.54, 1.807) is 0 Å². The predicted molar refractivity (Wildman–Crippen MR) is 112 cm³/mol. The Morgan fingerprint density at radius 1 is 0.828 bits per heavy atom. The number of likely N-dealkylation sites (tertiary alicyclic amines) is 1. The summed E-state index contributed by atoms with van der Waals surface area (Å²) in [5.74, 6) is -0.722. The third-order valence-corrected chi connectivity index (χ3v) is 5.56. The lowest BCUT2D eigenvalue weighted by Gasteiger charge is -2.16. The molecule has 4 heteroatoms. The molecule has 2 amide bonds. The predicted octanol–water partition coefficient (Wildman–Crippen LogP) is 4.65. The SMILES string of the molecule is O=C1CC(c2c(-c3ccccc3)cc3ccccn23)C(=O)N1Cc1ccccc1. The molecule has 1 saturated heterocycles. The van der Waals surface area contributed by atoms with Crippen LogP contribution in [0.5, 0.6) is 0 Å². The highest BCUT2D eigenvalue weighted by molar-refractivity contribution is 6.07. The fourth-order valence-corrected chi connectivity index (χ4v) is 4.18. The van der Waals surface area contributed by atoms with Gasteiger partial charge >= 0.3 is 0 Å². The van der Waals surface area contributed by atoms with Gasteiger partial charge in [-0.05, 0) is 29.3 Å². The van der Waals surface area contributed by atoms with E-state index in [9.17, 15) is 9.59 Å². The quantitative estimate of drug-likeness (QED) is 0.484. The van der Waals surface area contributed by atoms with Crippen LogP contribution in [0, 0.1) is 0 Å². The van der Waals surface area contributed by atoms with Crippen LogP contribution in [0.25, 0.3) is 16.6 Å². The number of aromatic nitrogens is 1. The number of rotatable bonds is 4. The first kappa shape index (κ1) is 17.4. The number of amides is 2. The molecule has 1 aliphatic heterocycles. The maximum atomic E-state index is 13.3. The molecule has 1 unspecified atom stereocenters. The van der Waals surface area contributed by atoms with Crippen molar-refractivity contribution in [2.75, 3.05) is 0 Å². The molecule has 1 atom stereocenters. The van der Waals surface area contributed by atoms with Crippen molar-refractivity contribution in [2.45, 2.75) is 18.9 Å². The zero-order valence-electron chi connectivity index (χ0n) is 15.9. The van der Waals surface area contributed by atoms with Crippen molar-refractivity contribution >= 4 is 17.3 Å². The Balaban J connectivity index is 1.59. The molecule has 4 aromatic rings. The Bertz CT molecular complexity index is 1200. The lowest BCUT2D eigenvalue weighted by Crippen LogP contribution is -2.30. The minimum absolute atomic E-state index is 0.117. The Morgan fingerprint density at radius 2 is 1.52 bits per heavy atom. The van der Waals surface area contributed by atoms with E-state index in [4.69, 9.17) is 0 Å². The van der Waals surface area contributed by atoms with Gasteiger partial charge in [0.1, 0.15) is 0 Å². The molecule has 2 aromatic heterocycles. The molecule has 1 fully saturated rings. The van der Waals surface area contributed by atoms with Crippen molar-refractivity contribution in [3.8, 4) is 11.1 Å². The number of hydrogen-bond donors (Lipinski definition) is 0.